The van der Waals surface area contributed by atoms with Crippen molar-refractivity contribution >= 4 is 27.6 Å². The van der Waals surface area contributed by atoms with Crippen LogP contribution in [0.1, 0.15) is 32.3 Å². The fourth-order valence-electron chi connectivity index (χ4n) is 1.60. The molecule has 5 nitrogen and oxygen atoms in total. The van der Waals surface area contributed by atoms with E-state index in [0.29, 0.717) is 0 Å². The lowest BCUT2D eigenvalue weighted by Crippen LogP contribution is -2.40. The zero-order chi connectivity index (χ0) is 15.7. The molecule has 0 spiro atoms. The third-order valence-electron chi connectivity index (χ3n) is 3.18. The van der Waals surface area contributed by atoms with Crippen molar-refractivity contribution in [3.63, 3.8) is 0 Å². The lowest BCUT2D eigenvalue weighted by atomic mass is 10.0. The molecule has 1 atom stereocenters. The predicted octanol–water partition coefficient (Wildman–Crippen LogP) is 2.56. The van der Waals surface area contributed by atoms with Gasteiger partial charge in [-0.1, -0.05) is 31.5 Å². The van der Waals surface area contributed by atoms with E-state index in [1.54, 1.807) is 6.07 Å². The minimum atomic E-state index is -3.95. The van der Waals surface area contributed by atoms with Gasteiger partial charge in [0.15, 0.2) is 0 Å². The Bertz CT molecular complexity index is 613. The molecule has 0 amide bonds. The van der Waals surface area contributed by atoms with E-state index in [1.165, 1.54) is 26.1 Å². The molecule has 112 valence electrons. The molecule has 20 heavy (non-hydrogen) atoms. The van der Waals surface area contributed by atoms with Gasteiger partial charge in [-0.05, 0) is 30.5 Å². The summed E-state index contributed by atoms with van der Waals surface area (Å²) in [5.41, 5.74) is 0.823. The minimum Gasteiger partial charge on any atom is -0.480 e. The first-order valence-electron chi connectivity index (χ1n) is 6.09. The van der Waals surface area contributed by atoms with Crippen molar-refractivity contribution in [3.05, 3.63) is 28.8 Å². The van der Waals surface area contributed by atoms with E-state index in [0.717, 1.165) is 9.87 Å². The number of hydrogen-bond acceptors (Lipinski definition) is 3. The highest BCUT2D eigenvalue weighted by Gasteiger charge is 2.31. The van der Waals surface area contributed by atoms with Gasteiger partial charge in [-0.3, -0.25) is 4.79 Å². The fraction of sp³-hybridized carbons (Fsp3) is 0.462. The van der Waals surface area contributed by atoms with Crippen LogP contribution in [0.15, 0.2) is 23.1 Å². The third-order valence-corrected chi connectivity index (χ3v) is 5.59. The second-order valence-corrected chi connectivity index (χ2v) is 7.25. The fourth-order valence-corrected chi connectivity index (χ4v) is 3.42. The molecule has 0 bridgehead atoms. The van der Waals surface area contributed by atoms with Gasteiger partial charge in [0.25, 0.3) is 0 Å². The molecule has 0 fully saturated rings. The highest BCUT2D eigenvalue weighted by atomic mass is 35.5. The second-order valence-electron chi connectivity index (χ2n) is 4.88. The van der Waals surface area contributed by atoms with Gasteiger partial charge < -0.3 is 5.11 Å². The van der Waals surface area contributed by atoms with E-state index in [9.17, 15) is 13.2 Å². The van der Waals surface area contributed by atoms with Crippen molar-refractivity contribution in [2.24, 2.45) is 0 Å². The standard InChI is InChI=1S/C13H18ClNO4S/c1-8(2)10-5-6-11(14)12(7-10)20(18,19)15(4)9(3)13(16)17/h5-9H,1-4H3,(H,16,17). The van der Waals surface area contributed by atoms with Gasteiger partial charge in [-0.15, -0.1) is 0 Å². The molecule has 0 radical (unpaired) electrons. The van der Waals surface area contributed by atoms with Gasteiger partial charge in [0.2, 0.25) is 10.0 Å². The largest absolute Gasteiger partial charge is 0.480 e. The zero-order valence-corrected chi connectivity index (χ0v) is 13.4. The molecule has 1 aromatic rings. The molecular formula is C13H18ClNO4S. The topological polar surface area (TPSA) is 74.7 Å². The number of carboxylic acid groups (broad SMARTS) is 1. The van der Waals surface area contributed by atoms with Crippen LogP contribution in [0.2, 0.25) is 5.02 Å². The number of carbonyl (C=O) groups is 1. The Morgan fingerprint density at radius 2 is 1.85 bits per heavy atom. The van der Waals surface area contributed by atoms with E-state index in [4.69, 9.17) is 16.7 Å². The average Bonchev–Trinajstić information content (AvgIpc) is 2.36. The predicted molar refractivity (Wildman–Crippen MR) is 77.6 cm³/mol. The zero-order valence-electron chi connectivity index (χ0n) is 11.8. The summed E-state index contributed by atoms with van der Waals surface area (Å²) in [6.07, 6.45) is 0. The summed E-state index contributed by atoms with van der Waals surface area (Å²) in [6, 6.07) is 3.60. The number of carboxylic acids is 1. The van der Waals surface area contributed by atoms with Crippen LogP contribution in [0.3, 0.4) is 0 Å². The first-order chi connectivity index (χ1) is 9.09. The van der Waals surface area contributed by atoms with Crippen molar-refractivity contribution < 1.29 is 18.3 Å². The van der Waals surface area contributed by atoms with Crippen LogP contribution >= 0.6 is 11.6 Å². The molecule has 0 saturated heterocycles. The molecule has 1 aromatic carbocycles. The van der Waals surface area contributed by atoms with Crippen LogP contribution in [0.25, 0.3) is 0 Å². The number of sulfonamides is 1. The Balaban J connectivity index is 3.35. The highest BCUT2D eigenvalue weighted by molar-refractivity contribution is 7.89. The van der Waals surface area contributed by atoms with E-state index in [-0.39, 0.29) is 15.8 Å². The van der Waals surface area contributed by atoms with Crippen LogP contribution in [0, 0.1) is 0 Å². The van der Waals surface area contributed by atoms with Crippen LogP contribution in [0.5, 0.6) is 0 Å². The Hall–Kier alpha value is -1.11. The summed E-state index contributed by atoms with van der Waals surface area (Å²) in [5.74, 6) is -1.07. The number of aliphatic carboxylic acids is 1. The third kappa shape index (κ3) is 3.31. The maximum atomic E-state index is 12.5. The normalized spacial score (nSPS) is 13.8. The Morgan fingerprint density at radius 3 is 2.30 bits per heavy atom. The monoisotopic (exact) mass is 319 g/mol. The highest BCUT2D eigenvalue weighted by Crippen LogP contribution is 2.28. The Morgan fingerprint density at radius 1 is 1.30 bits per heavy atom. The molecule has 0 saturated carbocycles. The van der Waals surface area contributed by atoms with Crippen molar-refractivity contribution in [1.29, 1.82) is 0 Å². The number of halogens is 1. The first-order valence-corrected chi connectivity index (χ1v) is 7.91. The van der Waals surface area contributed by atoms with Gasteiger partial charge in [0.05, 0.1) is 5.02 Å². The lowest BCUT2D eigenvalue weighted by molar-refractivity contribution is -0.140. The Labute approximate surface area is 124 Å². The molecule has 0 heterocycles. The lowest BCUT2D eigenvalue weighted by Gasteiger charge is -2.22. The van der Waals surface area contributed by atoms with Crippen molar-refractivity contribution in [2.45, 2.75) is 37.6 Å². The van der Waals surface area contributed by atoms with Crippen molar-refractivity contribution in [3.8, 4) is 0 Å². The number of rotatable bonds is 5. The van der Waals surface area contributed by atoms with E-state index in [1.807, 2.05) is 13.8 Å². The first kappa shape index (κ1) is 16.9. The van der Waals surface area contributed by atoms with Crippen molar-refractivity contribution in [1.82, 2.24) is 4.31 Å². The SMILES string of the molecule is CC(C)c1ccc(Cl)c(S(=O)(=O)N(C)C(C)C(=O)O)c1. The van der Waals surface area contributed by atoms with Gasteiger partial charge in [-0.2, -0.15) is 4.31 Å². The van der Waals surface area contributed by atoms with E-state index < -0.39 is 22.0 Å². The Kier molecular flexibility index (Phi) is 5.18. The maximum absolute atomic E-state index is 12.5. The maximum Gasteiger partial charge on any atom is 0.321 e. The van der Waals surface area contributed by atoms with Crippen LogP contribution in [0.4, 0.5) is 0 Å². The summed E-state index contributed by atoms with van der Waals surface area (Å²) >= 11 is 5.96. The summed E-state index contributed by atoms with van der Waals surface area (Å²) in [6.45, 7) is 5.17. The summed E-state index contributed by atoms with van der Waals surface area (Å²) < 4.78 is 25.7. The summed E-state index contributed by atoms with van der Waals surface area (Å²) in [7, 11) is -2.72. The molecule has 0 aliphatic heterocycles. The van der Waals surface area contributed by atoms with Gasteiger partial charge in [-0.25, -0.2) is 8.42 Å². The average molecular weight is 320 g/mol. The number of hydrogen-bond donors (Lipinski definition) is 1. The van der Waals surface area contributed by atoms with Gasteiger partial charge in [0.1, 0.15) is 10.9 Å². The molecule has 0 aliphatic carbocycles. The molecule has 7 heteroatoms. The van der Waals surface area contributed by atoms with Crippen LogP contribution < -0.4 is 0 Å². The van der Waals surface area contributed by atoms with E-state index >= 15 is 0 Å². The second kappa shape index (κ2) is 6.11. The molecular weight excluding hydrogens is 302 g/mol. The molecule has 1 rings (SSSR count). The molecule has 0 aromatic heterocycles. The number of nitrogens with zero attached hydrogens (tertiary/aromatic N) is 1. The van der Waals surface area contributed by atoms with Crippen LogP contribution in [-0.4, -0.2) is 36.9 Å². The quantitative estimate of drug-likeness (QED) is 0.905. The van der Waals surface area contributed by atoms with Gasteiger partial charge >= 0.3 is 5.97 Å². The number of likely N-dealkylation sites (N-methyl/N-ethyl adjacent to an activating group) is 1. The smallest absolute Gasteiger partial charge is 0.321 e. The number of benzene rings is 1. The van der Waals surface area contributed by atoms with Gasteiger partial charge in [0, 0.05) is 7.05 Å². The molecule has 1 unspecified atom stereocenters. The molecule has 0 aliphatic rings. The molecule has 1 N–H and O–H groups in total. The van der Waals surface area contributed by atoms with Crippen molar-refractivity contribution in [2.75, 3.05) is 7.05 Å². The summed E-state index contributed by atoms with van der Waals surface area (Å²) in [5, 5.41) is 9.02. The van der Waals surface area contributed by atoms with Crippen LogP contribution in [-0.2, 0) is 14.8 Å². The van der Waals surface area contributed by atoms with E-state index in [2.05, 4.69) is 0 Å². The summed E-state index contributed by atoms with van der Waals surface area (Å²) in [4.78, 5) is 10.9. The minimum absolute atomic E-state index is 0.0685.